The molecule has 0 unspecified atom stereocenters. The molecule has 0 radical (unpaired) electrons. The number of hydrogen-bond acceptors (Lipinski definition) is 6. The highest BCUT2D eigenvalue weighted by Crippen LogP contribution is 2.27. The van der Waals surface area contributed by atoms with Gasteiger partial charge in [0.1, 0.15) is 17.7 Å². The molecule has 0 aliphatic rings. The van der Waals surface area contributed by atoms with Crippen molar-refractivity contribution >= 4 is 39.0 Å². The number of nitrogens with one attached hydrogen (secondary N) is 1. The van der Waals surface area contributed by atoms with Crippen LogP contribution in [0, 0.1) is 15.9 Å². The van der Waals surface area contributed by atoms with E-state index in [2.05, 4.69) is 10.3 Å². The normalized spacial score (nSPS) is 10.9. The van der Waals surface area contributed by atoms with E-state index in [1.54, 1.807) is 18.3 Å². The topological polar surface area (TPSA) is 98.3 Å². The predicted octanol–water partition coefficient (Wildman–Crippen LogP) is 4.78. The molecule has 2 aromatic heterocycles. The molecule has 2 aromatic carbocycles. The molecule has 140 valence electrons. The largest absolute Gasteiger partial charge is 0.463 e. The zero-order valence-corrected chi connectivity index (χ0v) is 15.0. The Balaban J connectivity index is 1.52. The third-order valence-corrected chi connectivity index (χ3v) is 4.99. The van der Waals surface area contributed by atoms with E-state index in [1.165, 1.54) is 47.9 Å². The fourth-order valence-corrected chi connectivity index (χ4v) is 3.56. The van der Waals surface area contributed by atoms with Crippen LogP contribution in [0.25, 0.3) is 11.0 Å². The fourth-order valence-electron chi connectivity index (χ4n) is 2.72. The molecule has 4 aromatic rings. The summed E-state index contributed by atoms with van der Waals surface area (Å²) in [6.07, 6.45) is 3.47. The Morgan fingerprint density at radius 1 is 1.25 bits per heavy atom. The van der Waals surface area contributed by atoms with E-state index in [1.807, 2.05) is 0 Å². The van der Waals surface area contributed by atoms with Crippen LogP contribution >= 0.6 is 11.3 Å². The number of carbonyl (C=O) groups is 1. The number of hydrogen-bond donors (Lipinski definition) is 1. The van der Waals surface area contributed by atoms with Gasteiger partial charge in [-0.3, -0.25) is 20.2 Å². The Labute approximate surface area is 161 Å². The summed E-state index contributed by atoms with van der Waals surface area (Å²) in [6.45, 7) is 0. The number of furan rings is 1. The summed E-state index contributed by atoms with van der Waals surface area (Å²) < 4.78 is 18.3. The van der Waals surface area contributed by atoms with Gasteiger partial charge in [0.05, 0.1) is 10.5 Å². The molecule has 28 heavy (non-hydrogen) atoms. The highest BCUT2D eigenvalue weighted by Gasteiger charge is 2.18. The minimum absolute atomic E-state index is 0.126. The van der Waals surface area contributed by atoms with Gasteiger partial charge in [-0.1, -0.05) is 12.1 Å². The van der Waals surface area contributed by atoms with E-state index in [0.29, 0.717) is 22.5 Å². The molecule has 0 spiro atoms. The molecule has 2 heterocycles. The van der Waals surface area contributed by atoms with Crippen molar-refractivity contribution in [2.24, 2.45) is 0 Å². The highest BCUT2D eigenvalue weighted by molar-refractivity contribution is 7.15. The summed E-state index contributed by atoms with van der Waals surface area (Å²) in [5.41, 5.74) is 1.37. The molecule has 0 saturated carbocycles. The molecule has 0 fully saturated rings. The van der Waals surface area contributed by atoms with Crippen LogP contribution in [0.2, 0.25) is 0 Å². The fraction of sp³-hybridized carbons (Fsp3) is 0.0526. The van der Waals surface area contributed by atoms with Gasteiger partial charge < -0.3 is 4.42 Å². The molecule has 0 bridgehead atoms. The van der Waals surface area contributed by atoms with Crippen molar-refractivity contribution < 1.29 is 18.5 Å². The number of rotatable bonds is 5. The van der Waals surface area contributed by atoms with Crippen LogP contribution in [-0.2, 0) is 6.42 Å². The molecule has 7 nitrogen and oxygen atoms in total. The second kappa shape index (κ2) is 7.20. The van der Waals surface area contributed by atoms with E-state index in [0.717, 1.165) is 10.4 Å². The van der Waals surface area contributed by atoms with Gasteiger partial charge in [-0.15, -0.1) is 11.3 Å². The van der Waals surface area contributed by atoms with E-state index < -0.39 is 10.8 Å². The molecule has 1 amide bonds. The van der Waals surface area contributed by atoms with Crippen LogP contribution in [0.3, 0.4) is 0 Å². The Kier molecular flexibility index (Phi) is 4.58. The standard InChI is InChI=1S/C19H12FN3O4S/c20-12-3-1-11(2-4-12)7-14-9-21-19(28-14)22-18(24)16-10-27-17-6-5-13(23(25)26)8-15(16)17/h1-6,8-10H,7H2,(H,21,22,24). The van der Waals surface area contributed by atoms with Gasteiger partial charge in [-0.2, -0.15) is 0 Å². The third-order valence-electron chi connectivity index (χ3n) is 4.08. The smallest absolute Gasteiger partial charge is 0.270 e. The maximum atomic E-state index is 13.0. The Bertz CT molecular complexity index is 1180. The van der Waals surface area contributed by atoms with Crippen molar-refractivity contribution in [3.05, 3.63) is 86.9 Å². The minimum Gasteiger partial charge on any atom is -0.463 e. The van der Waals surface area contributed by atoms with Gasteiger partial charge in [0.2, 0.25) is 0 Å². The number of nitro groups is 1. The number of aromatic nitrogens is 1. The van der Waals surface area contributed by atoms with E-state index in [4.69, 9.17) is 4.42 Å². The first-order valence-corrected chi connectivity index (χ1v) is 8.97. The van der Waals surface area contributed by atoms with Crippen molar-refractivity contribution in [2.45, 2.75) is 6.42 Å². The Hall–Kier alpha value is -3.59. The SMILES string of the molecule is O=C(Nc1ncc(Cc2ccc(F)cc2)s1)c1coc2ccc([N+](=O)[O-])cc12. The predicted molar refractivity (Wildman–Crippen MR) is 102 cm³/mol. The number of fused-ring (bicyclic) bond motifs is 1. The second-order valence-corrected chi connectivity index (χ2v) is 7.09. The van der Waals surface area contributed by atoms with Crippen LogP contribution in [0.4, 0.5) is 15.2 Å². The van der Waals surface area contributed by atoms with Crippen molar-refractivity contribution in [3.63, 3.8) is 0 Å². The molecular weight excluding hydrogens is 385 g/mol. The first-order chi connectivity index (χ1) is 13.5. The number of nitro benzene ring substituents is 1. The van der Waals surface area contributed by atoms with Crippen molar-refractivity contribution in [1.82, 2.24) is 4.98 Å². The molecule has 0 aliphatic carbocycles. The maximum Gasteiger partial charge on any atom is 0.270 e. The minimum atomic E-state index is -0.531. The molecule has 0 saturated heterocycles. The summed E-state index contributed by atoms with van der Waals surface area (Å²) in [7, 11) is 0. The number of benzene rings is 2. The van der Waals surface area contributed by atoms with E-state index in [9.17, 15) is 19.3 Å². The second-order valence-electron chi connectivity index (χ2n) is 5.98. The summed E-state index contributed by atoms with van der Waals surface area (Å²) in [5, 5.41) is 14.4. The lowest BCUT2D eigenvalue weighted by molar-refractivity contribution is -0.384. The van der Waals surface area contributed by atoms with Crippen LogP contribution in [0.15, 0.2) is 59.3 Å². The molecule has 9 heteroatoms. The van der Waals surface area contributed by atoms with Crippen LogP contribution in [-0.4, -0.2) is 15.8 Å². The molecule has 0 atom stereocenters. The van der Waals surface area contributed by atoms with Gasteiger partial charge in [0, 0.05) is 35.0 Å². The first-order valence-electron chi connectivity index (χ1n) is 8.16. The first kappa shape index (κ1) is 17.8. The van der Waals surface area contributed by atoms with Gasteiger partial charge in [0.25, 0.3) is 11.6 Å². The lowest BCUT2D eigenvalue weighted by Crippen LogP contribution is -2.10. The number of carbonyl (C=O) groups excluding carboxylic acids is 1. The van der Waals surface area contributed by atoms with Crippen LogP contribution in [0.5, 0.6) is 0 Å². The Morgan fingerprint density at radius 2 is 2.04 bits per heavy atom. The zero-order valence-electron chi connectivity index (χ0n) is 14.2. The summed E-state index contributed by atoms with van der Waals surface area (Å²) in [6, 6.07) is 10.2. The number of nitrogens with zero attached hydrogens (tertiary/aromatic N) is 2. The zero-order chi connectivity index (χ0) is 19.7. The molecule has 1 N–H and O–H groups in total. The summed E-state index contributed by atoms with van der Waals surface area (Å²) in [4.78, 5) is 28.1. The number of anilines is 1. The maximum absolute atomic E-state index is 13.0. The molecular formula is C19H12FN3O4S. The monoisotopic (exact) mass is 397 g/mol. The van der Waals surface area contributed by atoms with Crippen LogP contribution < -0.4 is 5.32 Å². The summed E-state index contributed by atoms with van der Waals surface area (Å²) in [5.74, 6) is -0.768. The summed E-state index contributed by atoms with van der Waals surface area (Å²) >= 11 is 1.30. The third kappa shape index (κ3) is 3.60. The van der Waals surface area contributed by atoms with Gasteiger partial charge in [-0.25, -0.2) is 9.37 Å². The van der Waals surface area contributed by atoms with Crippen LogP contribution in [0.1, 0.15) is 20.8 Å². The average Bonchev–Trinajstić information content (AvgIpc) is 3.29. The quantitative estimate of drug-likeness (QED) is 0.386. The number of thiazole rings is 1. The average molecular weight is 397 g/mol. The van der Waals surface area contributed by atoms with Crippen molar-refractivity contribution in [1.29, 1.82) is 0 Å². The van der Waals surface area contributed by atoms with Crippen molar-refractivity contribution in [3.8, 4) is 0 Å². The van der Waals surface area contributed by atoms with Gasteiger partial charge in [0.15, 0.2) is 5.13 Å². The lowest BCUT2D eigenvalue weighted by Gasteiger charge is -2.00. The number of halogens is 1. The van der Waals surface area contributed by atoms with Gasteiger partial charge in [-0.05, 0) is 23.8 Å². The lowest BCUT2D eigenvalue weighted by atomic mass is 10.1. The molecule has 0 aliphatic heterocycles. The highest BCUT2D eigenvalue weighted by atomic mass is 32.1. The van der Waals surface area contributed by atoms with E-state index in [-0.39, 0.29) is 17.1 Å². The number of amides is 1. The Morgan fingerprint density at radius 3 is 2.79 bits per heavy atom. The number of non-ortho nitro benzene ring substituents is 1. The van der Waals surface area contributed by atoms with E-state index >= 15 is 0 Å². The van der Waals surface area contributed by atoms with Gasteiger partial charge >= 0.3 is 0 Å². The molecule has 4 rings (SSSR count). The van der Waals surface area contributed by atoms with Crippen molar-refractivity contribution in [2.75, 3.05) is 5.32 Å².